The van der Waals surface area contributed by atoms with Gasteiger partial charge in [-0.15, -0.1) is 0 Å². The summed E-state index contributed by atoms with van der Waals surface area (Å²) in [4.78, 5) is 0.241. The fourth-order valence-electron chi connectivity index (χ4n) is 2.17. The minimum atomic E-state index is -3.58. The number of benzene rings is 2. The van der Waals surface area contributed by atoms with Crippen molar-refractivity contribution in [3.63, 3.8) is 0 Å². The number of hydrogen-bond acceptors (Lipinski definition) is 3. The molecule has 0 aliphatic heterocycles. The largest absolute Gasteiger partial charge is 0.326 e. The standard InChI is InChI=1S/C16H20N2O2S/c1-3-14-6-4-5-12(2)16(14)18-21(19,20)15-9-7-13(11-17)8-10-15/h4-10,18H,3,11,17H2,1-2H3. The summed E-state index contributed by atoms with van der Waals surface area (Å²) in [5.41, 5.74) is 8.99. The molecule has 2 aromatic rings. The lowest BCUT2D eigenvalue weighted by Crippen LogP contribution is -2.15. The van der Waals surface area contributed by atoms with E-state index < -0.39 is 10.0 Å². The lowest BCUT2D eigenvalue weighted by Gasteiger charge is -2.14. The molecule has 0 aliphatic rings. The predicted molar refractivity (Wildman–Crippen MR) is 85.7 cm³/mol. The third-order valence-corrected chi connectivity index (χ3v) is 4.81. The zero-order chi connectivity index (χ0) is 15.5. The topological polar surface area (TPSA) is 72.2 Å². The maximum absolute atomic E-state index is 12.5. The number of hydrogen-bond donors (Lipinski definition) is 2. The molecule has 2 aromatic carbocycles. The first-order valence-electron chi connectivity index (χ1n) is 6.88. The first kappa shape index (κ1) is 15.5. The minimum absolute atomic E-state index is 0.241. The second-order valence-corrected chi connectivity index (χ2v) is 6.60. The molecule has 2 rings (SSSR count). The highest BCUT2D eigenvalue weighted by molar-refractivity contribution is 7.92. The van der Waals surface area contributed by atoms with E-state index in [4.69, 9.17) is 5.73 Å². The second-order valence-electron chi connectivity index (χ2n) is 4.92. The van der Waals surface area contributed by atoms with E-state index in [-0.39, 0.29) is 4.90 Å². The monoisotopic (exact) mass is 304 g/mol. The van der Waals surface area contributed by atoms with Crippen LogP contribution >= 0.6 is 0 Å². The Bertz CT molecular complexity index is 722. The average molecular weight is 304 g/mol. The number of rotatable bonds is 5. The molecular weight excluding hydrogens is 284 g/mol. The molecule has 0 saturated heterocycles. The van der Waals surface area contributed by atoms with E-state index in [0.29, 0.717) is 12.2 Å². The second kappa shape index (κ2) is 6.28. The molecule has 3 N–H and O–H groups in total. The van der Waals surface area contributed by atoms with Crippen LogP contribution in [-0.4, -0.2) is 8.42 Å². The third kappa shape index (κ3) is 3.43. The zero-order valence-electron chi connectivity index (χ0n) is 12.3. The van der Waals surface area contributed by atoms with Crippen LogP contribution in [0.1, 0.15) is 23.6 Å². The Morgan fingerprint density at radius 2 is 1.76 bits per heavy atom. The van der Waals surface area contributed by atoms with Gasteiger partial charge in [0.05, 0.1) is 10.6 Å². The van der Waals surface area contributed by atoms with Crippen molar-refractivity contribution >= 4 is 15.7 Å². The van der Waals surface area contributed by atoms with Crippen LogP contribution in [0.5, 0.6) is 0 Å². The predicted octanol–water partition coefficient (Wildman–Crippen LogP) is 2.82. The van der Waals surface area contributed by atoms with Crippen LogP contribution in [-0.2, 0) is 23.0 Å². The van der Waals surface area contributed by atoms with E-state index in [0.717, 1.165) is 23.1 Å². The van der Waals surface area contributed by atoms with Crippen LogP contribution in [0.3, 0.4) is 0 Å². The molecule has 4 nitrogen and oxygen atoms in total. The van der Waals surface area contributed by atoms with Gasteiger partial charge in [0.15, 0.2) is 0 Å². The van der Waals surface area contributed by atoms with Crippen molar-refractivity contribution in [1.29, 1.82) is 0 Å². The Hall–Kier alpha value is -1.85. The van der Waals surface area contributed by atoms with Crippen molar-refractivity contribution in [2.45, 2.75) is 31.7 Å². The van der Waals surface area contributed by atoms with E-state index in [1.165, 1.54) is 0 Å². The van der Waals surface area contributed by atoms with Gasteiger partial charge in [0.25, 0.3) is 10.0 Å². The molecule has 0 radical (unpaired) electrons. The van der Waals surface area contributed by atoms with Gasteiger partial charge < -0.3 is 5.73 Å². The Labute approximate surface area is 126 Å². The summed E-state index contributed by atoms with van der Waals surface area (Å²) in [6.45, 7) is 4.29. The van der Waals surface area contributed by atoms with Crippen molar-refractivity contribution in [2.75, 3.05) is 4.72 Å². The van der Waals surface area contributed by atoms with Crippen LogP contribution in [0.15, 0.2) is 47.4 Å². The summed E-state index contributed by atoms with van der Waals surface area (Å²) in [7, 11) is -3.58. The molecule has 5 heteroatoms. The van der Waals surface area contributed by atoms with E-state index >= 15 is 0 Å². The van der Waals surface area contributed by atoms with Crippen molar-refractivity contribution in [1.82, 2.24) is 0 Å². The lowest BCUT2D eigenvalue weighted by atomic mass is 10.1. The number of anilines is 1. The molecule has 0 amide bonds. The minimum Gasteiger partial charge on any atom is -0.326 e. The molecule has 0 aromatic heterocycles. The Balaban J connectivity index is 2.37. The van der Waals surface area contributed by atoms with Crippen molar-refractivity contribution in [3.8, 4) is 0 Å². The van der Waals surface area contributed by atoms with Crippen LogP contribution in [0.25, 0.3) is 0 Å². The van der Waals surface area contributed by atoms with Gasteiger partial charge in [-0.3, -0.25) is 4.72 Å². The normalized spacial score (nSPS) is 11.4. The smallest absolute Gasteiger partial charge is 0.261 e. The molecule has 112 valence electrons. The Kier molecular flexibility index (Phi) is 4.65. The highest BCUT2D eigenvalue weighted by Crippen LogP contribution is 2.24. The number of sulfonamides is 1. The number of para-hydroxylation sites is 1. The molecule has 0 atom stereocenters. The quantitative estimate of drug-likeness (QED) is 0.892. The summed E-state index contributed by atoms with van der Waals surface area (Å²) in [5, 5.41) is 0. The fraction of sp³-hybridized carbons (Fsp3) is 0.250. The maximum atomic E-state index is 12.5. The van der Waals surface area contributed by atoms with Crippen LogP contribution in [0.4, 0.5) is 5.69 Å². The van der Waals surface area contributed by atoms with E-state index in [1.54, 1.807) is 24.3 Å². The summed E-state index contributed by atoms with van der Waals surface area (Å²) in [6.07, 6.45) is 0.769. The van der Waals surface area contributed by atoms with Crippen LogP contribution < -0.4 is 10.5 Å². The summed E-state index contributed by atoms with van der Waals surface area (Å²) >= 11 is 0. The summed E-state index contributed by atoms with van der Waals surface area (Å²) in [5.74, 6) is 0. The number of aryl methyl sites for hydroxylation is 2. The number of nitrogens with two attached hydrogens (primary N) is 1. The van der Waals surface area contributed by atoms with Crippen molar-refractivity contribution < 1.29 is 8.42 Å². The molecule has 0 bridgehead atoms. The lowest BCUT2D eigenvalue weighted by molar-refractivity contribution is 0.601. The van der Waals surface area contributed by atoms with Gasteiger partial charge in [-0.1, -0.05) is 37.3 Å². The van der Waals surface area contributed by atoms with E-state index in [9.17, 15) is 8.42 Å². The molecule has 0 spiro atoms. The Morgan fingerprint density at radius 1 is 1.10 bits per heavy atom. The van der Waals surface area contributed by atoms with Gasteiger partial charge in [0, 0.05) is 6.54 Å². The van der Waals surface area contributed by atoms with Gasteiger partial charge in [-0.2, -0.15) is 0 Å². The zero-order valence-corrected chi connectivity index (χ0v) is 13.1. The summed E-state index contributed by atoms with van der Waals surface area (Å²) in [6, 6.07) is 12.4. The average Bonchev–Trinajstić information content (AvgIpc) is 2.49. The van der Waals surface area contributed by atoms with Gasteiger partial charge >= 0.3 is 0 Å². The van der Waals surface area contributed by atoms with Gasteiger partial charge in [-0.25, -0.2) is 8.42 Å². The van der Waals surface area contributed by atoms with E-state index in [2.05, 4.69) is 4.72 Å². The Morgan fingerprint density at radius 3 is 2.33 bits per heavy atom. The van der Waals surface area contributed by atoms with Gasteiger partial charge in [-0.05, 0) is 42.2 Å². The van der Waals surface area contributed by atoms with Gasteiger partial charge in [0.1, 0.15) is 0 Å². The molecule has 0 fully saturated rings. The summed E-state index contributed by atoms with van der Waals surface area (Å²) < 4.78 is 27.7. The molecular formula is C16H20N2O2S. The third-order valence-electron chi connectivity index (χ3n) is 3.45. The first-order chi connectivity index (χ1) is 9.97. The van der Waals surface area contributed by atoms with Gasteiger partial charge in [0.2, 0.25) is 0 Å². The van der Waals surface area contributed by atoms with Crippen molar-refractivity contribution in [3.05, 3.63) is 59.2 Å². The molecule has 21 heavy (non-hydrogen) atoms. The SMILES string of the molecule is CCc1cccc(C)c1NS(=O)(=O)c1ccc(CN)cc1. The fourth-order valence-corrected chi connectivity index (χ4v) is 3.34. The van der Waals surface area contributed by atoms with Crippen LogP contribution in [0, 0.1) is 6.92 Å². The highest BCUT2D eigenvalue weighted by Gasteiger charge is 2.16. The number of nitrogens with one attached hydrogen (secondary N) is 1. The van der Waals surface area contributed by atoms with Crippen LogP contribution in [0.2, 0.25) is 0 Å². The molecule has 0 heterocycles. The highest BCUT2D eigenvalue weighted by atomic mass is 32.2. The first-order valence-corrected chi connectivity index (χ1v) is 8.36. The maximum Gasteiger partial charge on any atom is 0.261 e. The molecule has 0 unspecified atom stereocenters. The molecule has 0 aliphatic carbocycles. The van der Waals surface area contributed by atoms with Crippen molar-refractivity contribution in [2.24, 2.45) is 5.73 Å². The van der Waals surface area contributed by atoms with E-state index in [1.807, 2.05) is 32.0 Å². The molecule has 0 saturated carbocycles.